The van der Waals surface area contributed by atoms with Crippen molar-refractivity contribution in [1.29, 1.82) is 0 Å². The van der Waals surface area contributed by atoms with Crippen LogP contribution in [-0.4, -0.2) is 24.8 Å². The summed E-state index contributed by atoms with van der Waals surface area (Å²) in [7, 11) is 0. The molecule has 0 saturated carbocycles. The number of hydrogen-bond acceptors (Lipinski definition) is 2. The van der Waals surface area contributed by atoms with E-state index in [4.69, 9.17) is 0 Å². The van der Waals surface area contributed by atoms with E-state index in [0.717, 1.165) is 24.0 Å². The van der Waals surface area contributed by atoms with Crippen molar-refractivity contribution in [3.05, 3.63) is 40.9 Å². The van der Waals surface area contributed by atoms with Crippen LogP contribution < -0.4 is 4.90 Å². The van der Waals surface area contributed by atoms with E-state index in [1.807, 2.05) is 0 Å². The van der Waals surface area contributed by atoms with Gasteiger partial charge in [0, 0.05) is 35.8 Å². The molecule has 3 heteroatoms. The molecule has 2 nitrogen and oxygen atoms in total. The van der Waals surface area contributed by atoms with Crippen molar-refractivity contribution in [2.45, 2.75) is 6.42 Å². The largest absolute Gasteiger partial charge is 0.396 e. The number of halogens is 1. The molecule has 1 atom stereocenters. The van der Waals surface area contributed by atoms with Crippen molar-refractivity contribution in [2.75, 3.05) is 24.6 Å². The highest BCUT2D eigenvalue weighted by molar-refractivity contribution is 9.10. The monoisotopic (exact) mass is 305 g/mol. The van der Waals surface area contributed by atoms with Crippen molar-refractivity contribution < 1.29 is 5.11 Å². The minimum Gasteiger partial charge on any atom is -0.396 e. The SMILES string of the molecule is OCC1CCN(c2ccc3cc(Br)ccc3c2)C1. The van der Waals surface area contributed by atoms with Gasteiger partial charge in [-0.2, -0.15) is 0 Å². The molecule has 1 aliphatic heterocycles. The first kappa shape index (κ1) is 12.0. The van der Waals surface area contributed by atoms with Crippen LogP contribution in [0.15, 0.2) is 40.9 Å². The van der Waals surface area contributed by atoms with Crippen LogP contribution in [0.3, 0.4) is 0 Å². The van der Waals surface area contributed by atoms with Gasteiger partial charge in [0.15, 0.2) is 0 Å². The molecule has 1 unspecified atom stereocenters. The number of rotatable bonds is 2. The van der Waals surface area contributed by atoms with Gasteiger partial charge < -0.3 is 10.0 Å². The predicted octanol–water partition coefficient (Wildman–Crippen LogP) is 3.42. The fourth-order valence-electron chi connectivity index (χ4n) is 2.62. The minimum atomic E-state index is 0.303. The van der Waals surface area contributed by atoms with Gasteiger partial charge in [-0.25, -0.2) is 0 Å². The second-order valence-corrected chi connectivity index (χ2v) is 5.87. The molecular weight excluding hydrogens is 290 g/mol. The van der Waals surface area contributed by atoms with Gasteiger partial charge in [0.05, 0.1) is 0 Å². The van der Waals surface area contributed by atoms with Crippen LogP contribution in [0, 0.1) is 5.92 Å². The van der Waals surface area contributed by atoms with Gasteiger partial charge in [-0.05, 0) is 41.5 Å². The van der Waals surface area contributed by atoms with Gasteiger partial charge in [0.2, 0.25) is 0 Å². The van der Waals surface area contributed by atoms with Crippen LogP contribution >= 0.6 is 15.9 Å². The molecule has 1 saturated heterocycles. The maximum Gasteiger partial charge on any atom is 0.0476 e. The fourth-order valence-corrected chi connectivity index (χ4v) is 3.00. The van der Waals surface area contributed by atoms with E-state index in [1.54, 1.807) is 0 Å². The minimum absolute atomic E-state index is 0.303. The smallest absolute Gasteiger partial charge is 0.0476 e. The summed E-state index contributed by atoms with van der Waals surface area (Å²) in [4.78, 5) is 2.36. The predicted molar refractivity (Wildman–Crippen MR) is 79.1 cm³/mol. The zero-order valence-electron chi connectivity index (χ0n) is 10.1. The third-order valence-electron chi connectivity index (χ3n) is 3.70. The maximum absolute atomic E-state index is 9.20. The lowest BCUT2D eigenvalue weighted by atomic mass is 10.1. The van der Waals surface area contributed by atoms with Crippen molar-refractivity contribution >= 4 is 32.4 Å². The van der Waals surface area contributed by atoms with Gasteiger partial charge in [0.1, 0.15) is 0 Å². The van der Waals surface area contributed by atoms with E-state index < -0.39 is 0 Å². The number of benzene rings is 2. The van der Waals surface area contributed by atoms with Crippen molar-refractivity contribution in [1.82, 2.24) is 0 Å². The molecule has 1 N–H and O–H groups in total. The molecule has 0 aliphatic carbocycles. The maximum atomic E-state index is 9.20. The molecule has 2 aromatic rings. The number of hydrogen-bond donors (Lipinski definition) is 1. The molecule has 94 valence electrons. The van der Waals surface area contributed by atoms with Crippen LogP contribution in [0.2, 0.25) is 0 Å². The lowest BCUT2D eigenvalue weighted by molar-refractivity contribution is 0.238. The summed E-state index contributed by atoms with van der Waals surface area (Å²) >= 11 is 3.50. The van der Waals surface area contributed by atoms with Gasteiger partial charge in [-0.15, -0.1) is 0 Å². The number of aliphatic hydroxyl groups is 1. The van der Waals surface area contributed by atoms with Crippen LogP contribution in [0.25, 0.3) is 10.8 Å². The Morgan fingerprint density at radius 2 is 1.94 bits per heavy atom. The third-order valence-corrected chi connectivity index (χ3v) is 4.19. The molecule has 18 heavy (non-hydrogen) atoms. The topological polar surface area (TPSA) is 23.5 Å². The Kier molecular flexibility index (Phi) is 3.27. The highest BCUT2D eigenvalue weighted by Crippen LogP contribution is 2.28. The third kappa shape index (κ3) is 2.25. The zero-order chi connectivity index (χ0) is 12.5. The highest BCUT2D eigenvalue weighted by atomic mass is 79.9. The van der Waals surface area contributed by atoms with Gasteiger partial charge >= 0.3 is 0 Å². The highest BCUT2D eigenvalue weighted by Gasteiger charge is 2.21. The lowest BCUT2D eigenvalue weighted by Crippen LogP contribution is -2.20. The van der Waals surface area contributed by atoms with Crippen molar-refractivity contribution in [2.24, 2.45) is 5.92 Å². The Balaban J connectivity index is 1.92. The quantitative estimate of drug-likeness (QED) is 0.919. The van der Waals surface area contributed by atoms with Crippen molar-refractivity contribution in [3.63, 3.8) is 0 Å². The molecule has 2 aromatic carbocycles. The zero-order valence-corrected chi connectivity index (χ0v) is 11.7. The van der Waals surface area contributed by atoms with Crippen LogP contribution in [-0.2, 0) is 0 Å². The van der Waals surface area contributed by atoms with Gasteiger partial charge in [0.25, 0.3) is 0 Å². The van der Waals surface area contributed by atoms with Gasteiger partial charge in [-0.1, -0.05) is 28.1 Å². The summed E-state index contributed by atoms with van der Waals surface area (Å²) in [6.45, 7) is 2.32. The summed E-state index contributed by atoms with van der Waals surface area (Å²) < 4.78 is 1.12. The standard InChI is InChI=1S/C15H16BrNO/c16-14-3-1-13-8-15(4-2-12(13)7-14)17-6-5-11(9-17)10-18/h1-4,7-8,11,18H,5-6,9-10H2. The Labute approximate surface area is 115 Å². The van der Waals surface area contributed by atoms with E-state index >= 15 is 0 Å². The molecule has 1 fully saturated rings. The Morgan fingerprint density at radius 1 is 1.17 bits per heavy atom. The number of aliphatic hydroxyl groups excluding tert-OH is 1. The average Bonchev–Trinajstić information content (AvgIpc) is 2.87. The molecule has 1 heterocycles. The second-order valence-electron chi connectivity index (χ2n) is 4.96. The van der Waals surface area contributed by atoms with Crippen LogP contribution in [0.1, 0.15) is 6.42 Å². The average molecular weight is 306 g/mol. The summed E-state index contributed by atoms with van der Waals surface area (Å²) in [5.41, 5.74) is 1.26. The molecule has 0 aromatic heterocycles. The number of nitrogens with zero attached hydrogens (tertiary/aromatic N) is 1. The Morgan fingerprint density at radius 3 is 2.72 bits per heavy atom. The Hall–Kier alpha value is -1.06. The summed E-state index contributed by atoms with van der Waals surface area (Å²) in [5.74, 6) is 0.436. The van der Waals surface area contributed by atoms with Crippen molar-refractivity contribution in [3.8, 4) is 0 Å². The first-order chi connectivity index (χ1) is 8.76. The molecule has 0 radical (unpaired) electrons. The van der Waals surface area contributed by atoms with E-state index in [1.165, 1.54) is 16.5 Å². The Bertz CT molecular complexity index is 569. The first-order valence-corrected chi connectivity index (χ1v) is 7.11. The second kappa shape index (κ2) is 4.90. The van der Waals surface area contributed by atoms with E-state index in [2.05, 4.69) is 57.2 Å². The fraction of sp³-hybridized carbons (Fsp3) is 0.333. The molecule has 0 bridgehead atoms. The summed E-state index contributed by atoms with van der Waals surface area (Å²) in [5, 5.41) is 11.7. The molecule has 1 aliphatic rings. The lowest BCUT2D eigenvalue weighted by Gasteiger charge is -2.19. The molecular formula is C15H16BrNO. The number of fused-ring (bicyclic) bond motifs is 1. The van der Waals surface area contributed by atoms with E-state index in [0.29, 0.717) is 12.5 Å². The molecule has 0 spiro atoms. The van der Waals surface area contributed by atoms with Crippen LogP contribution in [0.5, 0.6) is 0 Å². The summed E-state index contributed by atoms with van der Waals surface area (Å²) in [6.07, 6.45) is 1.09. The first-order valence-electron chi connectivity index (χ1n) is 6.31. The summed E-state index contributed by atoms with van der Waals surface area (Å²) in [6, 6.07) is 12.9. The molecule has 0 amide bonds. The van der Waals surface area contributed by atoms with E-state index in [9.17, 15) is 5.11 Å². The molecule has 3 rings (SSSR count). The van der Waals surface area contributed by atoms with E-state index in [-0.39, 0.29) is 0 Å². The normalized spacial score (nSPS) is 19.7. The van der Waals surface area contributed by atoms with Crippen LogP contribution in [0.4, 0.5) is 5.69 Å². The number of anilines is 1. The van der Waals surface area contributed by atoms with Gasteiger partial charge in [-0.3, -0.25) is 0 Å².